The fourth-order valence-corrected chi connectivity index (χ4v) is 1.82. The molecule has 0 amide bonds. The highest BCUT2D eigenvalue weighted by molar-refractivity contribution is 4.70. The molecule has 2 aliphatic rings. The summed E-state index contributed by atoms with van der Waals surface area (Å²) in [7, 11) is 0. The summed E-state index contributed by atoms with van der Waals surface area (Å²) in [5.74, 6) is 0. The molecule has 0 atom stereocenters. The first-order valence-corrected chi connectivity index (χ1v) is 5.50. The molecule has 1 aliphatic heterocycles. The number of piperazine rings is 1. The zero-order valence-corrected chi connectivity index (χ0v) is 8.30. The van der Waals surface area contributed by atoms with E-state index in [2.05, 4.69) is 10.2 Å². The Balaban J connectivity index is 1.50. The lowest BCUT2D eigenvalue weighted by Crippen LogP contribution is -2.45. The van der Waals surface area contributed by atoms with E-state index in [1.807, 2.05) is 0 Å². The van der Waals surface area contributed by atoms with Gasteiger partial charge in [0, 0.05) is 32.7 Å². The second-order valence-electron chi connectivity index (χ2n) is 4.02. The summed E-state index contributed by atoms with van der Waals surface area (Å²) in [6.45, 7) is 6.72. The number of hydrogen-bond acceptors (Lipinski definition) is 3. The quantitative estimate of drug-likeness (QED) is 0.687. The van der Waals surface area contributed by atoms with Crippen molar-refractivity contribution < 1.29 is 4.74 Å². The van der Waals surface area contributed by atoms with Crippen LogP contribution in [0.1, 0.15) is 19.3 Å². The Morgan fingerprint density at radius 2 is 2.00 bits per heavy atom. The first-order valence-electron chi connectivity index (χ1n) is 5.50. The normalized spacial score (nSPS) is 25.8. The maximum atomic E-state index is 5.72. The van der Waals surface area contributed by atoms with Gasteiger partial charge < -0.3 is 10.1 Å². The molecule has 0 bridgehead atoms. The van der Waals surface area contributed by atoms with Crippen molar-refractivity contribution in [3.05, 3.63) is 0 Å². The van der Waals surface area contributed by atoms with Gasteiger partial charge in [0.1, 0.15) is 0 Å². The van der Waals surface area contributed by atoms with Crippen molar-refractivity contribution in [1.29, 1.82) is 0 Å². The van der Waals surface area contributed by atoms with Crippen LogP contribution in [0.3, 0.4) is 0 Å². The van der Waals surface area contributed by atoms with E-state index in [1.165, 1.54) is 32.4 Å². The van der Waals surface area contributed by atoms with Gasteiger partial charge in [-0.05, 0) is 19.3 Å². The average molecular weight is 184 g/mol. The zero-order chi connectivity index (χ0) is 8.93. The molecule has 0 radical (unpaired) electrons. The van der Waals surface area contributed by atoms with E-state index < -0.39 is 0 Å². The highest BCUT2D eigenvalue weighted by atomic mass is 16.5. The lowest BCUT2D eigenvalue weighted by molar-refractivity contribution is -0.00831. The monoisotopic (exact) mass is 184 g/mol. The molecule has 0 unspecified atom stereocenters. The minimum absolute atomic E-state index is 0.600. The van der Waals surface area contributed by atoms with E-state index in [-0.39, 0.29) is 0 Å². The maximum absolute atomic E-state index is 5.72. The van der Waals surface area contributed by atoms with Crippen LogP contribution in [0.4, 0.5) is 0 Å². The number of nitrogens with zero attached hydrogens (tertiary/aromatic N) is 1. The van der Waals surface area contributed by atoms with Gasteiger partial charge in [0.2, 0.25) is 0 Å². The predicted molar refractivity (Wildman–Crippen MR) is 52.9 cm³/mol. The summed E-state index contributed by atoms with van der Waals surface area (Å²) in [5, 5.41) is 3.35. The van der Waals surface area contributed by atoms with Crippen molar-refractivity contribution >= 4 is 0 Å². The van der Waals surface area contributed by atoms with Gasteiger partial charge >= 0.3 is 0 Å². The van der Waals surface area contributed by atoms with Crippen LogP contribution in [-0.2, 0) is 4.74 Å². The van der Waals surface area contributed by atoms with Gasteiger partial charge in [0.15, 0.2) is 0 Å². The Bertz CT molecular complexity index is 142. The molecule has 0 aromatic heterocycles. The van der Waals surface area contributed by atoms with Crippen molar-refractivity contribution in [1.82, 2.24) is 10.2 Å². The summed E-state index contributed by atoms with van der Waals surface area (Å²) in [4.78, 5) is 2.48. The lowest BCUT2D eigenvalue weighted by atomic mass is 9.96. The number of ether oxygens (including phenoxy) is 1. The highest BCUT2D eigenvalue weighted by Gasteiger charge is 2.18. The first kappa shape index (κ1) is 9.44. The van der Waals surface area contributed by atoms with Crippen LogP contribution >= 0.6 is 0 Å². The highest BCUT2D eigenvalue weighted by Crippen LogP contribution is 2.21. The summed E-state index contributed by atoms with van der Waals surface area (Å²) in [5.41, 5.74) is 0. The topological polar surface area (TPSA) is 24.5 Å². The van der Waals surface area contributed by atoms with Crippen LogP contribution in [0.2, 0.25) is 0 Å². The molecule has 13 heavy (non-hydrogen) atoms. The van der Waals surface area contributed by atoms with Crippen LogP contribution in [0.5, 0.6) is 0 Å². The van der Waals surface area contributed by atoms with Crippen LogP contribution < -0.4 is 5.32 Å². The molecule has 0 aromatic rings. The smallest absolute Gasteiger partial charge is 0.0597 e. The third-order valence-electron chi connectivity index (χ3n) is 3.02. The summed E-state index contributed by atoms with van der Waals surface area (Å²) in [6, 6.07) is 0. The molecule has 76 valence electrons. The van der Waals surface area contributed by atoms with Gasteiger partial charge in [-0.25, -0.2) is 0 Å². The molecule has 3 nitrogen and oxygen atoms in total. The fourth-order valence-electron chi connectivity index (χ4n) is 1.82. The fraction of sp³-hybridized carbons (Fsp3) is 1.00. The van der Waals surface area contributed by atoms with Crippen molar-refractivity contribution in [2.24, 2.45) is 0 Å². The molecule has 0 spiro atoms. The molecule has 1 aliphatic carbocycles. The van der Waals surface area contributed by atoms with Gasteiger partial charge in [-0.15, -0.1) is 0 Å². The van der Waals surface area contributed by atoms with E-state index in [0.717, 1.165) is 26.2 Å². The molecular weight excluding hydrogens is 164 g/mol. The number of nitrogens with one attached hydrogen (secondary N) is 1. The molecule has 1 heterocycles. The number of rotatable bonds is 4. The molecule has 3 heteroatoms. The SMILES string of the molecule is C1CC(OCCN2CCNCC2)C1. The Labute approximate surface area is 80.4 Å². The van der Waals surface area contributed by atoms with E-state index in [9.17, 15) is 0 Å². The number of hydrogen-bond donors (Lipinski definition) is 1. The van der Waals surface area contributed by atoms with Crippen LogP contribution in [0, 0.1) is 0 Å². The molecule has 1 saturated heterocycles. The van der Waals surface area contributed by atoms with E-state index in [0.29, 0.717) is 6.10 Å². The van der Waals surface area contributed by atoms with E-state index in [1.54, 1.807) is 0 Å². The summed E-state index contributed by atoms with van der Waals surface area (Å²) in [6.07, 6.45) is 4.56. The molecule has 2 fully saturated rings. The van der Waals surface area contributed by atoms with Gasteiger partial charge in [-0.2, -0.15) is 0 Å². The molecule has 1 N–H and O–H groups in total. The molecule has 2 rings (SSSR count). The summed E-state index contributed by atoms with van der Waals surface area (Å²) < 4.78 is 5.72. The van der Waals surface area contributed by atoms with Gasteiger partial charge in [-0.3, -0.25) is 4.90 Å². The van der Waals surface area contributed by atoms with Gasteiger partial charge in [0.25, 0.3) is 0 Å². The predicted octanol–water partition coefficient (Wildman–Crippen LogP) is 0.461. The van der Waals surface area contributed by atoms with Crippen molar-refractivity contribution in [2.45, 2.75) is 25.4 Å². The maximum Gasteiger partial charge on any atom is 0.0597 e. The minimum Gasteiger partial charge on any atom is -0.377 e. The Kier molecular flexibility index (Phi) is 3.58. The second-order valence-corrected chi connectivity index (χ2v) is 4.02. The largest absolute Gasteiger partial charge is 0.377 e. The van der Waals surface area contributed by atoms with Crippen molar-refractivity contribution in [3.8, 4) is 0 Å². The summed E-state index contributed by atoms with van der Waals surface area (Å²) >= 11 is 0. The zero-order valence-electron chi connectivity index (χ0n) is 8.30. The molecule has 0 aromatic carbocycles. The molecular formula is C10H20N2O. The van der Waals surface area contributed by atoms with Crippen LogP contribution in [0.15, 0.2) is 0 Å². The lowest BCUT2D eigenvalue weighted by Gasteiger charge is -2.30. The first-order chi connectivity index (χ1) is 6.45. The minimum atomic E-state index is 0.600. The van der Waals surface area contributed by atoms with Crippen molar-refractivity contribution in [3.63, 3.8) is 0 Å². The van der Waals surface area contributed by atoms with Gasteiger partial charge in [-0.1, -0.05) is 0 Å². The van der Waals surface area contributed by atoms with Crippen LogP contribution in [0.25, 0.3) is 0 Å². The van der Waals surface area contributed by atoms with E-state index in [4.69, 9.17) is 4.74 Å². The van der Waals surface area contributed by atoms with Crippen LogP contribution in [-0.4, -0.2) is 50.3 Å². The molecule has 1 saturated carbocycles. The standard InChI is InChI=1S/C10H20N2O/c1-2-10(3-1)13-9-8-12-6-4-11-5-7-12/h10-11H,1-9H2. The van der Waals surface area contributed by atoms with E-state index >= 15 is 0 Å². The Morgan fingerprint density at radius 3 is 2.62 bits per heavy atom. The Morgan fingerprint density at radius 1 is 1.23 bits per heavy atom. The third-order valence-corrected chi connectivity index (χ3v) is 3.02. The third kappa shape index (κ3) is 2.93. The van der Waals surface area contributed by atoms with Crippen molar-refractivity contribution in [2.75, 3.05) is 39.3 Å². The average Bonchev–Trinajstić information content (AvgIpc) is 2.11. The van der Waals surface area contributed by atoms with Gasteiger partial charge in [0.05, 0.1) is 12.7 Å². The second kappa shape index (κ2) is 4.94. The Hall–Kier alpha value is -0.120.